The first-order valence-corrected chi connectivity index (χ1v) is 3.70. The summed E-state index contributed by atoms with van der Waals surface area (Å²) in [4.78, 5) is 0. The molecule has 0 fully saturated rings. The first-order chi connectivity index (χ1) is 5.87. The van der Waals surface area contributed by atoms with Crippen LogP contribution < -0.4 is 4.57 Å². The predicted molar refractivity (Wildman–Crippen MR) is 36.5 cm³/mol. The van der Waals surface area contributed by atoms with Gasteiger partial charge < -0.3 is 0 Å². The van der Waals surface area contributed by atoms with E-state index in [2.05, 4.69) is 11.6 Å². The zero-order valence-corrected chi connectivity index (χ0v) is 7.27. The van der Waals surface area contributed by atoms with Crippen LogP contribution in [0.2, 0.25) is 0 Å². The fraction of sp³-hybridized carbons (Fsp3) is 0.500. The summed E-state index contributed by atoms with van der Waals surface area (Å²) in [7, 11) is 1.21. The highest BCUT2D eigenvalue weighted by Gasteiger charge is 2.49. The van der Waals surface area contributed by atoms with Gasteiger partial charge in [0.25, 0.3) is 5.63 Å². The highest BCUT2D eigenvalue weighted by molar-refractivity contribution is 6.20. The molecule has 13 heavy (non-hydrogen) atoms. The van der Waals surface area contributed by atoms with E-state index in [1.165, 1.54) is 7.05 Å². The molecule has 1 aromatic heterocycles. The second kappa shape index (κ2) is 3.17. The van der Waals surface area contributed by atoms with Crippen molar-refractivity contribution in [3.63, 3.8) is 0 Å². The molecule has 1 aromatic rings. The molecule has 2 nitrogen and oxygen atoms in total. The predicted octanol–water partition coefficient (Wildman–Crippen LogP) is 1.54. The largest absolute Gasteiger partial charge is 0.450 e. The molecule has 0 spiro atoms. The number of imidazole rings is 1. The van der Waals surface area contributed by atoms with E-state index in [4.69, 9.17) is 0 Å². The molecule has 0 bridgehead atoms. The van der Waals surface area contributed by atoms with Crippen LogP contribution in [0.15, 0.2) is 12.4 Å². The number of hydrogen-bond acceptors (Lipinski definition) is 0. The van der Waals surface area contributed by atoms with Crippen LogP contribution in [0, 0.1) is 6.08 Å². The van der Waals surface area contributed by atoms with Gasteiger partial charge in [0.15, 0.2) is 0 Å². The van der Waals surface area contributed by atoms with Gasteiger partial charge >= 0.3 is 12.1 Å². The smallest absolute Gasteiger partial charge is 0.218 e. The summed E-state index contributed by atoms with van der Waals surface area (Å²) in [6, 6.07) is -4.08. The molecule has 0 aliphatic rings. The number of alkyl halides is 4. The molecule has 74 valence electrons. The molecule has 0 amide bonds. The van der Waals surface area contributed by atoms with Crippen LogP contribution in [0.25, 0.3) is 0 Å². The van der Waals surface area contributed by atoms with Gasteiger partial charge in [0, 0.05) is 0 Å². The summed E-state index contributed by atoms with van der Waals surface area (Å²) in [5.74, 6) is 0. The van der Waals surface area contributed by atoms with Crippen molar-refractivity contribution < 1.29 is 22.1 Å². The third kappa shape index (κ3) is 1.63. The monoisotopic (exact) mass is 217 g/mol. The molecular formula is C6H6ClF4N2+. The van der Waals surface area contributed by atoms with Gasteiger partial charge in [-0.15, -0.1) is 8.96 Å². The standard InChI is InChI=1S/C6H6ClF4N2/c1-12-2-3-13(5(12)9)6(10,11)4(7)8/h2-4H,1H3/q+1. The molecule has 1 unspecified atom stereocenters. The second-order valence-electron chi connectivity index (χ2n) is 2.44. The average molecular weight is 218 g/mol. The molecule has 0 N–H and O–H groups in total. The molecule has 1 atom stereocenters. The Morgan fingerprint density at radius 2 is 2.15 bits per heavy atom. The Kier molecular flexibility index (Phi) is 2.51. The van der Waals surface area contributed by atoms with Crippen molar-refractivity contribution in [2.75, 3.05) is 0 Å². The molecule has 0 aromatic carbocycles. The number of aryl methyl sites for hydroxylation is 1. The Morgan fingerprint density at radius 1 is 1.62 bits per heavy atom. The van der Waals surface area contributed by atoms with E-state index in [1.807, 2.05) is 0 Å². The molecule has 0 saturated carbocycles. The normalized spacial score (nSPS) is 14.6. The lowest BCUT2D eigenvalue weighted by Gasteiger charge is -2.11. The van der Waals surface area contributed by atoms with E-state index in [1.54, 1.807) is 0 Å². The van der Waals surface area contributed by atoms with Crippen molar-refractivity contribution in [2.24, 2.45) is 7.05 Å². The molecular weight excluding hydrogens is 212 g/mol. The molecule has 0 aliphatic heterocycles. The third-order valence-electron chi connectivity index (χ3n) is 1.51. The van der Waals surface area contributed by atoms with Gasteiger partial charge in [-0.1, -0.05) is 11.6 Å². The summed E-state index contributed by atoms with van der Waals surface area (Å²) >= 11 is 4.57. The highest BCUT2D eigenvalue weighted by Crippen LogP contribution is 2.30. The van der Waals surface area contributed by atoms with Gasteiger partial charge in [-0.2, -0.15) is 8.78 Å². The van der Waals surface area contributed by atoms with E-state index in [0.29, 0.717) is 6.20 Å². The van der Waals surface area contributed by atoms with Crippen molar-refractivity contribution in [1.82, 2.24) is 4.57 Å². The molecule has 0 radical (unpaired) electrons. The van der Waals surface area contributed by atoms with Crippen LogP contribution in [0.3, 0.4) is 0 Å². The van der Waals surface area contributed by atoms with Gasteiger partial charge in [-0.05, 0) is 0 Å². The first-order valence-electron chi connectivity index (χ1n) is 3.26. The van der Waals surface area contributed by atoms with Gasteiger partial charge in [0.05, 0.1) is 7.05 Å². The average Bonchev–Trinajstić information content (AvgIpc) is 2.33. The lowest BCUT2D eigenvalue weighted by Crippen LogP contribution is -2.37. The van der Waals surface area contributed by atoms with E-state index in [9.17, 15) is 17.6 Å². The summed E-state index contributed by atoms with van der Waals surface area (Å²) in [6.07, 6.45) is 0.473. The zero-order valence-electron chi connectivity index (χ0n) is 6.52. The summed E-state index contributed by atoms with van der Waals surface area (Å²) in [6.45, 7) is 0. The van der Waals surface area contributed by atoms with Crippen LogP contribution in [-0.2, 0) is 13.1 Å². The van der Waals surface area contributed by atoms with Gasteiger partial charge in [0.2, 0.25) is 0 Å². The Bertz CT molecular complexity index is 310. The van der Waals surface area contributed by atoms with Crippen LogP contribution >= 0.6 is 11.6 Å². The maximum atomic E-state index is 12.8. The zero-order chi connectivity index (χ0) is 10.2. The minimum Gasteiger partial charge on any atom is -0.218 e. The van der Waals surface area contributed by atoms with Crippen molar-refractivity contribution in [3.8, 4) is 0 Å². The van der Waals surface area contributed by atoms with Gasteiger partial charge in [-0.25, -0.2) is 8.96 Å². The first kappa shape index (κ1) is 10.3. The summed E-state index contributed by atoms with van der Waals surface area (Å²) in [5, 5.41) is 0. The molecule has 1 heterocycles. The van der Waals surface area contributed by atoms with Crippen molar-refractivity contribution >= 4 is 11.6 Å². The summed E-state index contributed by atoms with van der Waals surface area (Å²) in [5.41, 5.74) is -2.96. The fourth-order valence-corrected chi connectivity index (χ4v) is 0.892. The fourth-order valence-electron chi connectivity index (χ4n) is 0.787. The topological polar surface area (TPSA) is 8.81 Å². The minimum absolute atomic E-state index is 0.162. The second-order valence-corrected chi connectivity index (χ2v) is 2.82. The quantitative estimate of drug-likeness (QED) is 0.404. The van der Waals surface area contributed by atoms with E-state index in [0.717, 1.165) is 10.8 Å². The maximum Gasteiger partial charge on any atom is 0.450 e. The number of aromatic nitrogens is 2. The van der Waals surface area contributed by atoms with E-state index < -0.39 is 17.8 Å². The number of nitrogens with zero attached hydrogens (tertiary/aromatic N) is 2. The molecule has 1 rings (SSSR count). The third-order valence-corrected chi connectivity index (χ3v) is 1.78. The van der Waals surface area contributed by atoms with Crippen molar-refractivity contribution in [1.29, 1.82) is 0 Å². The Labute approximate surface area is 76.3 Å². The van der Waals surface area contributed by atoms with E-state index in [-0.39, 0.29) is 4.57 Å². The Morgan fingerprint density at radius 3 is 2.46 bits per heavy atom. The Balaban J connectivity index is 3.14. The summed E-state index contributed by atoms with van der Waals surface area (Å²) < 4.78 is 51.1. The van der Waals surface area contributed by atoms with Crippen molar-refractivity contribution in [2.45, 2.75) is 11.7 Å². The van der Waals surface area contributed by atoms with E-state index >= 15 is 0 Å². The van der Waals surface area contributed by atoms with Gasteiger partial charge in [-0.3, -0.25) is 0 Å². The number of hydrogen-bond donors (Lipinski definition) is 0. The minimum atomic E-state index is -4.08. The highest BCUT2D eigenvalue weighted by atomic mass is 35.5. The SMILES string of the molecule is C[n+]1ccn(C(F)(F)C(F)Cl)c1F. The lowest BCUT2D eigenvalue weighted by atomic mass is 10.6. The maximum absolute atomic E-state index is 12.8. The van der Waals surface area contributed by atoms with Gasteiger partial charge in [0.1, 0.15) is 12.4 Å². The van der Waals surface area contributed by atoms with Crippen LogP contribution in [-0.4, -0.2) is 10.2 Å². The number of halogens is 5. The van der Waals surface area contributed by atoms with Crippen LogP contribution in [0.1, 0.15) is 0 Å². The number of rotatable bonds is 2. The lowest BCUT2D eigenvalue weighted by molar-refractivity contribution is -0.701. The van der Waals surface area contributed by atoms with Crippen LogP contribution in [0.5, 0.6) is 0 Å². The van der Waals surface area contributed by atoms with Crippen LogP contribution in [0.4, 0.5) is 17.6 Å². The molecule has 0 aliphatic carbocycles. The molecule has 7 heteroatoms. The Hall–Kier alpha value is -0.780. The molecule has 0 saturated heterocycles. The van der Waals surface area contributed by atoms with Crippen molar-refractivity contribution in [3.05, 3.63) is 18.5 Å².